The Morgan fingerprint density at radius 1 is 1.11 bits per heavy atom. The van der Waals surface area contributed by atoms with Crippen molar-refractivity contribution in [2.45, 2.75) is 62.9 Å². The van der Waals surface area contributed by atoms with Crippen molar-refractivity contribution in [3.05, 3.63) is 59.7 Å². The van der Waals surface area contributed by atoms with Crippen LogP contribution >= 0.6 is 0 Å². The second-order valence-corrected chi connectivity index (χ2v) is 9.94. The Labute approximate surface area is 211 Å². The summed E-state index contributed by atoms with van der Waals surface area (Å²) in [5, 5.41) is 16.1. The van der Waals surface area contributed by atoms with Gasteiger partial charge in [0.25, 0.3) is 0 Å². The molecule has 2 aromatic carbocycles. The number of amides is 2. The summed E-state index contributed by atoms with van der Waals surface area (Å²) in [7, 11) is 0. The summed E-state index contributed by atoms with van der Waals surface area (Å²) in [5.41, 5.74) is 2.75. The number of carbonyl (C=O) groups excluding carboxylic acids is 2. The van der Waals surface area contributed by atoms with Gasteiger partial charge < -0.3 is 30.0 Å². The van der Waals surface area contributed by atoms with Crippen molar-refractivity contribution in [3.63, 3.8) is 0 Å². The van der Waals surface area contributed by atoms with E-state index >= 15 is 0 Å². The molecule has 192 valence electrons. The molecule has 2 aromatic rings. The van der Waals surface area contributed by atoms with Gasteiger partial charge in [0.1, 0.15) is 18.0 Å². The molecule has 8 nitrogen and oxygen atoms in total. The lowest BCUT2D eigenvalue weighted by Gasteiger charge is -2.37. The second kappa shape index (κ2) is 11.0. The lowest BCUT2D eigenvalue weighted by molar-refractivity contribution is -0.142. The van der Waals surface area contributed by atoms with Crippen LogP contribution in [0.3, 0.4) is 0 Å². The maximum atomic E-state index is 12.8. The Hall–Kier alpha value is -2.94. The lowest BCUT2D eigenvalue weighted by Crippen LogP contribution is -2.47. The second-order valence-electron chi connectivity index (χ2n) is 9.94. The third-order valence-corrected chi connectivity index (χ3v) is 7.45. The van der Waals surface area contributed by atoms with E-state index in [4.69, 9.17) is 14.2 Å². The largest absolute Gasteiger partial charge is 0.487 e. The maximum absolute atomic E-state index is 12.8. The average Bonchev–Trinajstić information content (AvgIpc) is 3.27. The zero-order chi connectivity index (χ0) is 25.1. The van der Waals surface area contributed by atoms with E-state index in [1.807, 2.05) is 55.5 Å². The van der Waals surface area contributed by atoms with Gasteiger partial charge in [-0.25, -0.2) is 0 Å². The van der Waals surface area contributed by atoms with Crippen LogP contribution in [-0.4, -0.2) is 55.1 Å². The van der Waals surface area contributed by atoms with Gasteiger partial charge in [0.05, 0.1) is 25.2 Å². The van der Waals surface area contributed by atoms with Crippen molar-refractivity contribution < 1.29 is 28.9 Å². The fourth-order valence-electron chi connectivity index (χ4n) is 5.50. The van der Waals surface area contributed by atoms with Crippen LogP contribution in [0.25, 0.3) is 0 Å². The first kappa shape index (κ1) is 24.7. The predicted octanol–water partition coefficient (Wildman–Crippen LogP) is 3.31. The molecule has 0 bridgehead atoms. The molecular formula is C28H34N2O6. The Morgan fingerprint density at radius 3 is 2.64 bits per heavy atom. The number of nitrogens with one attached hydrogen (secondary N) is 2. The van der Waals surface area contributed by atoms with Gasteiger partial charge in [0, 0.05) is 36.3 Å². The van der Waals surface area contributed by atoms with Crippen LogP contribution in [-0.2, 0) is 19.1 Å². The number of rotatable bonds is 7. The highest BCUT2D eigenvalue weighted by molar-refractivity contribution is 5.92. The summed E-state index contributed by atoms with van der Waals surface area (Å²) in [6.07, 6.45) is 1.06. The summed E-state index contributed by atoms with van der Waals surface area (Å²) < 4.78 is 17.6. The molecule has 2 amide bonds. The number of carbonyl (C=O) groups is 2. The molecule has 36 heavy (non-hydrogen) atoms. The van der Waals surface area contributed by atoms with Crippen molar-refractivity contribution in [1.82, 2.24) is 5.32 Å². The third-order valence-electron chi connectivity index (χ3n) is 7.45. The molecule has 0 aromatic heterocycles. The molecule has 3 aliphatic rings. The van der Waals surface area contributed by atoms with Crippen molar-refractivity contribution in [2.24, 2.45) is 5.92 Å². The Bertz CT molecular complexity index is 1070. The molecular weight excluding hydrogens is 460 g/mol. The van der Waals surface area contributed by atoms with E-state index in [-0.39, 0.29) is 54.9 Å². The van der Waals surface area contributed by atoms with Gasteiger partial charge in [-0.3, -0.25) is 9.59 Å². The number of ether oxygens (including phenoxy) is 3. The standard InChI is InChI=1S/C28H34N2O6/c1-17(18-5-3-2-4-6-18)29-26(32)15-21-14-23-22-13-20(30-28(33)19-9-11-34-12-10-19)7-8-24(22)36-27(23)25(16-31)35-21/h2-8,13,17,19,21,23,25,27,31H,9-12,14-16H2,1H3,(H,29,32)(H,30,33)/t17-,21+,23-,25+,27+/m0/s1. The minimum Gasteiger partial charge on any atom is -0.487 e. The normalized spacial score (nSPS) is 26.3. The first-order valence-electron chi connectivity index (χ1n) is 12.8. The molecule has 0 radical (unpaired) electrons. The molecule has 2 saturated heterocycles. The summed E-state index contributed by atoms with van der Waals surface area (Å²) in [4.78, 5) is 25.5. The molecule has 0 saturated carbocycles. The fraction of sp³-hybridized carbons (Fsp3) is 0.500. The fourth-order valence-corrected chi connectivity index (χ4v) is 5.50. The summed E-state index contributed by atoms with van der Waals surface area (Å²) in [6.45, 7) is 2.99. The van der Waals surface area contributed by atoms with Gasteiger partial charge in [0.2, 0.25) is 11.8 Å². The van der Waals surface area contributed by atoms with Crippen LogP contribution in [0.1, 0.15) is 55.7 Å². The number of hydrogen-bond donors (Lipinski definition) is 3. The molecule has 3 heterocycles. The molecule has 0 aliphatic carbocycles. The van der Waals surface area contributed by atoms with E-state index < -0.39 is 6.10 Å². The van der Waals surface area contributed by atoms with Gasteiger partial charge >= 0.3 is 0 Å². The van der Waals surface area contributed by atoms with Crippen LogP contribution < -0.4 is 15.4 Å². The van der Waals surface area contributed by atoms with Crippen LogP contribution in [0.2, 0.25) is 0 Å². The molecule has 8 heteroatoms. The number of anilines is 1. The highest BCUT2D eigenvalue weighted by Crippen LogP contribution is 2.47. The summed E-state index contributed by atoms with van der Waals surface area (Å²) in [5.74, 6) is 0.576. The number of benzene rings is 2. The highest BCUT2D eigenvalue weighted by Gasteiger charge is 2.46. The number of fused-ring (bicyclic) bond motifs is 3. The first-order chi connectivity index (χ1) is 17.5. The minimum atomic E-state index is -0.527. The highest BCUT2D eigenvalue weighted by atomic mass is 16.6. The maximum Gasteiger partial charge on any atom is 0.227 e. The Kier molecular flexibility index (Phi) is 7.55. The number of aliphatic hydroxyl groups is 1. The smallest absolute Gasteiger partial charge is 0.227 e. The van der Waals surface area contributed by atoms with E-state index in [0.29, 0.717) is 19.6 Å². The van der Waals surface area contributed by atoms with Crippen LogP contribution in [0.15, 0.2) is 48.5 Å². The Morgan fingerprint density at radius 2 is 1.89 bits per heavy atom. The van der Waals surface area contributed by atoms with Gasteiger partial charge in [-0.2, -0.15) is 0 Å². The van der Waals surface area contributed by atoms with Crippen molar-refractivity contribution in [2.75, 3.05) is 25.1 Å². The average molecular weight is 495 g/mol. The van der Waals surface area contributed by atoms with Crippen LogP contribution in [0.4, 0.5) is 5.69 Å². The molecule has 0 spiro atoms. The minimum absolute atomic E-state index is 0.0102. The van der Waals surface area contributed by atoms with Crippen LogP contribution in [0, 0.1) is 5.92 Å². The topological polar surface area (TPSA) is 106 Å². The molecule has 0 unspecified atom stereocenters. The van der Waals surface area contributed by atoms with E-state index in [9.17, 15) is 14.7 Å². The van der Waals surface area contributed by atoms with Gasteiger partial charge in [-0.05, 0) is 49.9 Å². The Balaban J connectivity index is 1.25. The predicted molar refractivity (Wildman–Crippen MR) is 134 cm³/mol. The van der Waals surface area contributed by atoms with Gasteiger partial charge in [0.15, 0.2) is 0 Å². The van der Waals surface area contributed by atoms with E-state index in [2.05, 4.69) is 10.6 Å². The molecule has 2 fully saturated rings. The zero-order valence-electron chi connectivity index (χ0n) is 20.5. The summed E-state index contributed by atoms with van der Waals surface area (Å²) in [6, 6.07) is 15.4. The number of hydrogen-bond acceptors (Lipinski definition) is 6. The lowest BCUT2D eigenvalue weighted by atomic mass is 9.84. The van der Waals surface area contributed by atoms with Crippen LogP contribution in [0.5, 0.6) is 5.75 Å². The van der Waals surface area contributed by atoms with Crippen molar-refractivity contribution in [3.8, 4) is 5.75 Å². The van der Waals surface area contributed by atoms with E-state index in [0.717, 1.165) is 35.4 Å². The van der Waals surface area contributed by atoms with Gasteiger partial charge in [-0.1, -0.05) is 30.3 Å². The molecule has 5 rings (SSSR count). The molecule has 3 N–H and O–H groups in total. The van der Waals surface area contributed by atoms with Crippen molar-refractivity contribution in [1.29, 1.82) is 0 Å². The third kappa shape index (κ3) is 5.40. The first-order valence-corrected chi connectivity index (χ1v) is 12.8. The SMILES string of the molecule is C[C@H](NC(=O)C[C@H]1C[C@H]2c3cc(NC(=O)C4CCOCC4)ccc3O[C@H]2[C@@H](CO)O1)c1ccccc1. The van der Waals surface area contributed by atoms with E-state index in [1.165, 1.54) is 0 Å². The van der Waals surface area contributed by atoms with Gasteiger partial charge in [-0.15, -0.1) is 0 Å². The molecule has 5 atom stereocenters. The monoisotopic (exact) mass is 494 g/mol. The van der Waals surface area contributed by atoms with E-state index in [1.54, 1.807) is 0 Å². The summed E-state index contributed by atoms with van der Waals surface area (Å²) >= 11 is 0. The van der Waals surface area contributed by atoms with Crippen molar-refractivity contribution >= 4 is 17.5 Å². The quantitative estimate of drug-likeness (QED) is 0.545. The number of aliphatic hydroxyl groups excluding tert-OH is 1. The zero-order valence-corrected chi connectivity index (χ0v) is 20.5. The molecule has 3 aliphatic heterocycles.